The second-order valence-corrected chi connectivity index (χ2v) is 9.89. The average molecular weight is 571 g/mol. The number of rotatable bonds is 14. The van der Waals surface area contributed by atoms with Gasteiger partial charge in [-0.3, -0.25) is 4.72 Å². The van der Waals surface area contributed by atoms with Crippen LogP contribution in [0.25, 0.3) is 11.0 Å². The van der Waals surface area contributed by atoms with Gasteiger partial charge >= 0.3 is 0 Å². The van der Waals surface area contributed by atoms with Crippen molar-refractivity contribution in [1.29, 1.82) is 0 Å². The molecule has 4 rings (SSSR count). The topological polar surface area (TPSA) is 150 Å². The van der Waals surface area contributed by atoms with Crippen molar-refractivity contribution < 1.29 is 37.2 Å². The molecule has 0 bridgehead atoms. The van der Waals surface area contributed by atoms with Gasteiger partial charge in [-0.25, -0.2) is 18.4 Å². The van der Waals surface area contributed by atoms with Crippen molar-refractivity contribution in [3.05, 3.63) is 60.7 Å². The molecule has 0 atom stereocenters. The molecular formula is C27H30N4O8S. The molecule has 40 heavy (non-hydrogen) atoms. The summed E-state index contributed by atoms with van der Waals surface area (Å²) in [5.74, 6) is 1.74. The fraction of sp³-hybridized carbons (Fsp3) is 0.259. The van der Waals surface area contributed by atoms with Crippen LogP contribution in [0.3, 0.4) is 0 Å². The highest BCUT2D eigenvalue weighted by Crippen LogP contribution is 2.41. The largest absolute Gasteiger partial charge is 0.497 e. The van der Waals surface area contributed by atoms with Crippen LogP contribution in [0.15, 0.2) is 65.6 Å². The van der Waals surface area contributed by atoms with E-state index in [1.807, 2.05) is 0 Å². The number of anilines is 3. The van der Waals surface area contributed by atoms with Gasteiger partial charge in [0.05, 0.1) is 62.8 Å². The van der Waals surface area contributed by atoms with E-state index in [9.17, 15) is 8.42 Å². The standard InChI is InChI=1S/C27H30N4O8S/c1-35-18-8-10-20(11-9-18)40(33,34)31-27-26(28-21-6-4-5-7-22(21)29-27)30-23-16-19(36-2)17-24(37-3)25(23)39-15-14-38-13-12-32/h4-11,16-17,32H,12-15H2,1-3H3,(H,28,30)(H,29,31). The molecule has 0 unspecified atom stereocenters. The molecule has 0 spiro atoms. The van der Waals surface area contributed by atoms with Crippen molar-refractivity contribution in [2.75, 3.05) is 57.8 Å². The number of methoxy groups -OCH3 is 3. The van der Waals surface area contributed by atoms with Gasteiger partial charge in [-0.15, -0.1) is 0 Å². The summed E-state index contributed by atoms with van der Waals surface area (Å²) >= 11 is 0. The van der Waals surface area contributed by atoms with Crippen LogP contribution in [-0.2, 0) is 14.8 Å². The second-order valence-electron chi connectivity index (χ2n) is 8.21. The number of para-hydroxylation sites is 2. The van der Waals surface area contributed by atoms with Crippen LogP contribution >= 0.6 is 0 Å². The number of benzene rings is 3. The third-order valence-corrected chi connectivity index (χ3v) is 6.97. The first-order valence-corrected chi connectivity index (χ1v) is 13.6. The van der Waals surface area contributed by atoms with E-state index in [4.69, 9.17) is 28.8 Å². The van der Waals surface area contributed by atoms with E-state index < -0.39 is 10.0 Å². The average Bonchev–Trinajstić information content (AvgIpc) is 2.97. The van der Waals surface area contributed by atoms with Gasteiger partial charge < -0.3 is 34.1 Å². The minimum atomic E-state index is -4.05. The van der Waals surface area contributed by atoms with Gasteiger partial charge in [-0.05, 0) is 36.4 Å². The van der Waals surface area contributed by atoms with Crippen LogP contribution in [0.1, 0.15) is 0 Å². The van der Waals surface area contributed by atoms with Crippen LogP contribution in [0.5, 0.6) is 23.0 Å². The van der Waals surface area contributed by atoms with Gasteiger partial charge in [0.25, 0.3) is 10.0 Å². The third kappa shape index (κ3) is 6.81. The number of aromatic nitrogens is 2. The molecule has 0 aliphatic carbocycles. The lowest BCUT2D eigenvalue weighted by atomic mass is 10.2. The fourth-order valence-corrected chi connectivity index (χ4v) is 4.69. The third-order valence-electron chi connectivity index (χ3n) is 5.62. The number of nitrogens with one attached hydrogen (secondary N) is 2. The Balaban J connectivity index is 1.75. The Morgan fingerprint density at radius 3 is 2.10 bits per heavy atom. The van der Waals surface area contributed by atoms with Gasteiger partial charge in [-0.2, -0.15) is 0 Å². The Bertz CT molecular complexity index is 1550. The first-order valence-electron chi connectivity index (χ1n) is 12.2. The van der Waals surface area contributed by atoms with E-state index in [-0.39, 0.29) is 43.0 Å². The highest BCUT2D eigenvalue weighted by Gasteiger charge is 2.22. The highest BCUT2D eigenvalue weighted by molar-refractivity contribution is 7.92. The van der Waals surface area contributed by atoms with Crippen molar-refractivity contribution in [3.63, 3.8) is 0 Å². The molecule has 0 radical (unpaired) electrons. The summed E-state index contributed by atoms with van der Waals surface area (Å²) in [6.07, 6.45) is 0. The van der Waals surface area contributed by atoms with Crippen LogP contribution < -0.4 is 29.0 Å². The molecule has 0 aliphatic rings. The van der Waals surface area contributed by atoms with Gasteiger partial charge in [0.15, 0.2) is 23.1 Å². The molecule has 4 aromatic rings. The minimum absolute atomic E-state index is 0.0177. The van der Waals surface area contributed by atoms with Gasteiger partial charge in [-0.1, -0.05) is 12.1 Å². The van der Waals surface area contributed by atoms with E-state index in [1.165, 1.54) is 33.5 Å². The SMILES string of the molecule is COc1ccc(S(=O)(=O)Nc2nc3ccccc3nc2Nc2cc(OC)cc(OC)c2OCCOCCO)cc1. The number of ether oxygens (including phenoxy) is 5. The molecule has 0 fully saturated rings. The molecule has 212 valence electrons. The van der Waals surface area contributed by atoms with E-state index in [0.717, 1.165) is 0 Å². The number of hydrogen-bond donors (Lipinski definition) is 3. The quantitative estimate of drug-likeness (QED) is 0.191. The first kappa shape index (κ1) is 28.7. The zero-order chi connectivity index (χ0) is 28.5. The Hall–Kier alpha value is -4.33. The predicted octanol–water partition coefficient (Wildman–Crippen LogP) is 3.59. The molecule has 3 aromatic carbocycles. The molecule has 1 aromatic heterocycles. The van der Waals surface area contributed by atoms with Crippen LogP contribution in [0.4, 0.5) is 17.3 Å². The van der Waals surface area contributed by atoms with Crippen molar-refractivity contribution in [2.45, 2.75) is 4.90 Å². The van der Waals surface area contributed by atoms with E-state index in [1.54, 1.807) is 48.5 Å². The summed E-state index contributed by atoms with van der Waals surface area (Å²) in [5.41, 5.74) is 1.40. The van der Waals surface area contributed by atoms with Gasteiger partial charge in [0.1, 0.15) is 18.1 Å². The Morgan fingerprint density at radius 2 is 1.48 bits per heavy atom. The molecule has 13 heteroatoms. The Morgan fingerprint density at radius 1 is 0.800 bits per heavy atom. The normalized spacial score (nSPS) is 11.2. The van der Waals surface area contributed by atoms with Crippen LogP contribution in [0, 0.1) is 0 Å². The van der Waals surface area contributed by atoms with Crippen molar-refractivity contribution >= 4 is 38.4 Å². The van der Waals surface area contributed by atoms with Crippen LogP contribution in [-0.4, -0.2) is 71.2 Å². The lowest BCUT2D eigenvalue weighted by Gasteiger charge is -2.19. The summed E-state index contributed by atoms with van der Waals surface area (Å²) in [6.45, 7) is 0.447. The predicted molar refractivity (Wildman–Crippen MR) is 150 cm³/mol. The summed E-state index contributed by atoms with van der Waals surface area (Å²) < 4.78 is 56.4. The zero-order valence-electron chi connectivity index (χ0n) is 22.2. The lowest BCUT2D eigenvalue weighted by molar-refractivity contribution is 0.0700. The van der Waals surface area contributed by atoms with E-state index in [2.05, 4.69) is 20.0 Å². The first-order chi connectivity index (χ1) is 19.4. The monoisotopic (exact) mass is 570 g/mol. The smallest absolute Gasteiger partial charge is 0.263 e. The molecule has 0 aliphatic heterocycles. The molecular weight excluding hydrogens is 540 g/mol. The molecule has 0 saturated carbocycles. The fourth-order valence-electron chi connectivity index (χ4n) is 3.68. The van der Waals surface area contributed by atoms with E-state index in [0.29, 0.717) is 39.7 Å². The maximum Gasteiger partial charge on any atom is 0.263 e. The lowest BCUT2D eigenvalue weighted by Crippen LogP contribution is -2.16. The summed E-state index contributed by atoms with van der Waals surface area (Å²) in [5, 5.41) is 12.1. The van der Waals surface area contributed by atoms with E-state index >= 15 is 0 Å². The Kier molecular flexibility index (Phi) is 9.43. The summed E-state index contributed by atoms with van der Waals surface area (Å²) in [4.78, 5) is 9.20. The summed E-state index contributed by atoms with van der Waals surface area (Å²) in [6, 6.07) is 16.3. The molecule has 1 heterocycles. The highest BCUT2D eigenvalue weighted by atomic mass is 32.2. The molecule has 12 nitrogen and oxygen atoms in total. The van der Waals surface area contributed by atoms with Crippen molar-refractivity contribution in [1.82, 2.24) is 9.97 Å². The van der Waals surface area contributed by atoms with Crippen molar-refractivity contribution in [3.8, 4) is 23.0 Å². The zero-order valence-corrected chi connectivity index (χ0v) is 23.0. The number of fused-ring (bicyclic) bond motifs is 1. The maximum absolute atomic E-state index is 13.3. The molecule has 3 N–H and O–H groups in total. The van der Waals surface area contributed by atoms with Gasteiger partial charge in [0, 0.05) is 12.1 Å². The molecule has 0 amide bonds. The number of nitrogens with zero attached hydrogens (tertiary/aromatic N) is 2. The van der Waals surface area contributed by atoms with Crippen LogP contribution in [0.2, 0.25) is 0 Å². The number of hydrogen-bond acceptors (Lipinski definition) is 11. The van der Waals surface area contributed by atoms with Gasteiger partial charge in [0.2, 0.25) is 0 Å². The minimum Gasteiger partial charge on any atom is -0.497 e. The Labute approximate surface area is 231 Å². The summed E-state index contributed by atoms with van der Waals surface area (Å²) in [7, 11) is 0.442. The number of aliphatic hydroxyl groups is 1. The maximum atomic E-state index is 13.3. The molecule has 0 saturated heterocycles. The number of sulfonamides is 1. The van der Waals surface area contributed by atoms with Crippen molar-refractivity contribution in [2.24, 2.45) is 0 Å². The number of aliphatic hydroxyl groups excluding tert-OH is 1. The second kappa shape index (κ2) is 13.2.